The van der Waals surface area contributed by atoms with Crippen LogP contribution in [0.4, 0.5) is 11.4 Å². The largest absolute Gasteiger partial charge is 0.396 e. The van der Waals surface area contributed by atoms with Gasteiger partial charge in [0.05, 0.1) is 22.6 Å². The Hall–Kier alpha value is -1.77. The van der Waals surface area contributed by atoms with Gasteiger partial charge >= 0.3 is 0 Å². The van der Waals surface area contributed by atoms with Gasteiger partial charge in [-0.15, -0.1) is 0 Å². The fraction of sp³-hybridized carbons (Fsp3) is 0.308. The predicted molar refractivity (Wildman–Crippen MR) is 65.7 cm³/mol. The second-order valence-electron chi connectivity index (χ2n) is 4.71. The molecule has 1 aromatic heterocycles. The summed E-state index contributed by atoms with van der Waals surface area (Å²) in [5, 5.41) is 1.09. The van der Waals surface area contributed by atoms with Crippen LogP contribution in [0.5, 0.6) is 0 Å². The summed E-state index contributed by atoms with van der Waals surface area (Å²) in [5.74, 6) is 0.613. The van der Waals surface area contributed by atoms with Gasteiger partial charge in [-0.2, -0.15) is 0 Å². The molecule has 0 amide bonds. The Kier molecular flexibility index (Phi) is 1.40. The summed E-state index contributed by atoms with van der Waals surface area (Å²) in [6.45, 7) is 2.25. The van der Waals surface area contributed by atoms with Gasteiger partial charge in [0.25, 0.3) is 0 Å². The number of benzene rings is 1. The van der Waals surface area contributed by atoms with E-state index >= 15 is 0 Å². The lowest BCUT2D eigenvalue weighted by atomic mass is 10.0. The van der Waals surface area contributed by atoms with Crippen LogP contribution in [0.2, 0.25) is 0 Å². The molecule has 4 rings (SSSR count). The molecule has 1 aromatic carbocycles. The summed E-state index contributed by atoms with van der Waals surface area (Å²) >= 11 is 0. The SMILES string of the molecule is Nc1c2c(nc3ccccc13)C1CCN2C1. The van der Waals surface area contributed by atoms with Crippen LogP contribution in [0.3, 0.4) is 0 Å². The van der Waals surface area contributed by atoms with Crippen LogP contribution in [0.25, 0.3) is 10.9 Å². The van der Waals surface area contributed by atoms with E-state index in [1.54, 1.807) is 0 Å². The molecular weight excluding hydrogens is 198 g/mol. The van der Waals surface area contributed by atoms with Crippen molar-refractivity contribution in [2.75, 3.05) is 23.7 Å². The molecule has 2 aliphatic rings. The third-order valence-electron chi connectivity index (χ3n) is 3.82. The summed E-state index contributed by atoms with van der Waals surface area (Å²) in [6, 6.07) is 8.16. The van der Waals surface area contributed by atoms with Crippen molar-refractivity contribution in [2.45, 2.75) is 12.3 Å². The number of anilines is 2. The zero-order valence-electron chi connectivity index (χ0n) is 8.98. The van der Waals surface area contributed by atoms with Crippen molar-refractivity contribution in [3.05, 3.63) is 30.0 Å². The van der Waals surface area contributed by atoms with Crippen molar-refractivity contribution in [1.82, 2.24) is 4.98 Å². The number of nitrogen functional groups attached to an aromatic ring is 1. The highest BCUT2D eigenvalue weighted by Crippen LogP contribution is 2.47. The fourth-order valence-electron chi connectivity index (χ4n) is 3.05. The molecule has 0 saturated carbocycles. The zero-order chi connectivity index (χ0) is 10.7. The Labute approximate surface area is 93.9 Å². The standard InChI is InChI=1S/C13H13N3/c14-11-9-3-1-2-4-10(9)15-12-8-5-6-16(7-8)13(11)12/h1-4,8H,5-7H2,(H2,14,15). The number of aromatic nitrogens is 1. The van der Waals surface area contributed by atoms with Crippen LogP contribution in [-0.2, 0) is 0 Å². The first-order valence-corrected chi connectivity index (χ1v) is 5.77. The number of para-hydroxylation sites is 1. The minimum absolute atomic E-state index is 0.613. The Balaban J connectivity index is 2.13. The molecule has 3 heterocycles. The number of pyridine rings is 1. The van der Waals surface area contributed by atoms with E-state index in [0.717, 1.165) is 29.7 Å². The molecule has 16 heavy (non-hydrogen) atoms. The van der Waals surface area contributed by atoms with Gasteiger partial charge in [-0.1, -0.05) is 18.2 Å². The zero-order valence-corrected chi connectivity index (χ0v) is 8.98. The van der Waals surface area contributed by atoms with Gasteiger partial charge in [-0.05, 0) is 12.5 Å². The molecule has 0 spiro atoms. The van der Waals surface area contributed by atoms with E-state index in [-0.39, 0.29) is 0 Å². The van der Waals surface area contributed by atoms with E-state index in [9.17, 15) is 0 Å². The van der Waals surface area contributed by atoms with Gasteiger partial charge in [0, 0.05) is 24.4 Å². The lowest BCUT2D eigenvalue weighted by Crippen LogP contribution is -2.17. The molecule has 2 aromatic rings. The van der Waals surface area contributed by atoms with Crippen LogP contribution in [0, 0.1) is 0 Å². The maximum absolute atomic E-state index is 6.28. The third-order valence-corrected chi connectivity index (χ3v) is 3.82. The van der Waals surface area contributed by atoms with Crippen LogP contribution in [0.15, 0.2) is 24.3 Å². The molecule has 2 bridgehead atoms. The number of rotatable bonds is 0. The minimum atomic E-state index is 0.613. The quantitative estimate of drug-likeness (QED) is 0.725. The first kappa shape index (κ1) is 8.39. The second-order valence-corrected chi connectivity index (χ2v) is 4.71. The van der Waals surface area contributed by atoms with Crippen molar-refractivity contribution in [1.29, 1.82) is 0 Å². The fourth-order valence-corrected chi connectivity index (χ4v) is 3.05. The summed E-state index contributed by atoms with van der Waals surface area (Å²) in [5.41, 5.74) is 10.7. The van der Waals surface area contributed by atoms with Gasteiger partial charge in [0.1, 0.15) is 0 Å². The van der Waals surface area contributed by atoms with Gasteiger partial charge in [-0.3, -0.25) is 4.98 Å². The van der Waals surface area contributed by atoms with Gasteiger partial charge in [-0.25, -0.2) is 0 Å². The lowest BCUT2D eigenvalue weighted by molar-refractivity contribution is 0.763. The number of nitrogens with zero attached hydrogens (tertiary/aromatic N) is 2. The van der Waals surface area contributed by atoms with Gasteiger partial charge in [0.15, 0.2) is 0 Å². The monoisotopic (exact) mass is 211 g/mol. The summed E-state index contributed by atoms with van der Waals surface area (Å²) in [7, 11) is 0. The van der Waals surface area contributed by atoms with E-state index in [0.29, 0.717) is 5.92 Å². The van der Waals surface area contributed by atoms with E-state index < -0.39 is 0 Å². The normalized spacial score (nSPS) is 21.8. The molecule has 1 atom stereocenters. The molecule has 0 radical (unpaired) electrons. The number of nitrogens with two attached hydrogens (primary N) is 1. The molecule has 2 aliphatic heterocycles. The first-order valence-electron chi connectivity index (χ1n) is 5.77. The Morgan fingerprint density at radius 1 is 1.31 bits per heavy atom. The Morgan fingerprint density at radius 3 is 3.12 bits per heavy atom. The average molecular weight is 211 g/mol. The van der Waals surface area contributed by atoms with Crippen molar-refractivity contribution in [3.63, 3.8) is 0 Å². The first-order chi connectivity index (χ1) is 7.84. The molecule has 2 N–H and O–H groups in total. The van der Waals surface area contributed by atoms with Crippen molar-refractivity contribution in [3.8, 4) is 0 Å². The van der Waals surface area contributed by atoms with E-state index in [2.05, 4.69) is 11.0 Å². The number of fused-ring (bicyclic) bond motifs is 6. The van der Waals surface area contributed by atoms with Crippen molar-refractivity contribution in [2.24, 2.45) is 0 Å². The highest BCUT2D eigenvalue weighted by Gasteiger charge is 2.37. The topological polar surface area (TPSA) is 42.1 Å². The summed E-state index contributed by atoms with van der Waals surface area (Å²) < 4.78 is 0. The number of hydrogen-bond donors (Lipinski definition) is 1. The number of hydrogen-bond acceptors (Lipinski definition) is 3. The van der Waals surface area contributed by atoms with Crippen molar-refractivity contribution >= 4 is 22.3 Å². The summed E-state index contributed by atoms with van der Waals surface area (Å²) in [4.78, 5) is 7.16. The van der Waals surface area contributed by atoms with Gasteiger partial charge in [0.2, 0.25) is 0 Å². The van der Waals surface area contributed by atoms with E-state index in [1.807, 2.05) is 18.2 Å². The molecule has 3 heteroatoms. The molecule has 3 nitrogen and oxygen atoms in total. The van der Waals surface area contributed by atoms with E-state index in [1.165, 1.54) is 17.8 Å². The molecule has 1 fully saturated rings. The highest BCUT2D eigenvalue weighted by atomic mass is 15.2. The van der Waals surface area contributed by atoms with Crippen LogP contribution in [0.1, 0.15) is 18.0 Å². The molecular formula is C13H13N3. The predicted octanol–water partition coefficient (Wildman–Crippen LogP) is 2.12. The lowest BCUT2D eigenvalue weighted by Gasteiger charge is -2.20. The summed E-state index contributed by atoms with van der Waals surface area (Å²) in [6.07, 6.45) is 1.23. The molecule has 80 valence electrons. The molecule has 1 saturated heterocycles. The molecule has 0 aliphatic carbocycles. The third kappa shape index (κ3) is 0.865. The highest BCUT2D eigenvalue weighted by molar-refractivity contribution is 5.98. The average Bonchev–Trinajstić information content (AvgIpc) is 2.90. The van der Waals surface area contributed by atoms with Crippen LogP contribution < -0.4 is 10.6 Å². The van der Waals surface area contributed by atoms with Crippen molar-refractivity contribution < 1.29 is 0 Å². The van der Waals surface area contributed by atoms with E-state index in [4.69, 9.17) is 10.7 Å². The Morgan fingerprint density at radius 2 is 2.19 bits per heavy atom. The maximum Gasteiger partial charge on any atom is 0.0829 e. The van der Waals surface area contributed by atoms with Gasteiger partial charge < -0.3 is 10.6 Å². The molecule has 1 unspecified atom stereocenters. The van der Waals surface area contributed by atoms with Crippen LogP contribution >= 0.6 is 0 Å². The minimum Gasteiger partial charge on any atom is -0.396 e. The maximum atomic E-state index is 6.28. The Bertz CT molecular complexity index is 591. The second kappa shape index (κ2) is 2.67. The smallest absolute Gasteiger partial charge is 0.0829 e. The van der Waals surface area contributed by atoms with Crippen LogP contribution in [-0.4, -0.2) is 18.1 Å².